The fourth-order valence-corrected chi connectivity index (χ4v) is 2.58. The molecule has 0 amide bonds. The van der Waals surface area contributed by atoms with Crippen LogP contribution in [0.5, 0.6) is 0 Å². The molecule has 21 heavy (non-hydrogen) atoms. The highest BCUT2D eigenvalue weighted by Gasteiger charge is 2.26. The molecule has 1 aromatic heterocycles. The molecule has 1 N–H and O–H groups in total. The van der Waals surface area contributed by atoms with Gasteiger partial charge in [0, 0.05) is 11.3 Å². The van der Waals surface area contributed by atoms with Gasteiger partial charge in [-0.15, -0.1) is 11.6 Å². The van der Waals surface area contributed by atoms with Gasteiger partial charge in [0.25, 0.3) is 0 Å². The molecular weight excluding hydrogens is 282 g/mol. The van der Waals surface area contributed by atoms with Crippen LogP contribution < -0.4 is 5.32 Å². The Morgan fingerprint density at radius 3 is 2.48 bits per heavy atom. The molecule has 0 saturated carbocycles. The Balaban J connectivity index is 2.04. The highest BCUT2D eigenvalue weighted by Crippen LogP contribution is 2.29. The van der Waals surface area contributed by atoms with Gasteiger partial charge in [0.15, 0.2) is 0 Å². The lowest BCUT2D eigenvalue weighted by Crippen LogP contribution is -2.34. The van der Waals surface area contributed by atoms with Crippen LogP contribution in [0.3, 0.4) is 0 Å². The molecule has 0 aliphatic rings. The van der Waals surface area contributed by atoms with Crippen molar-refractivity contribution in [2.75, 3.05) is 11.2 Å². The maximum Gasteiger partial charge on any atom is 0.138 e. The topological polar surface area (TPSA) is 37.8 Å². The van der Waals surface area contributed by atoms with E-state index in [9.17, 15) is 0 Å². The van der Waals surface area contributed by atoms with Crippen LogP contribution in [0.4, 0.5) is 5.82 Å². The molecule has 0 spiro atoms. The summed E-state index contributed by atoms with van der Waals surface area (Å²) in [7, 11) is 0. The average Bonchev–Trinajstić information content (AvgIpc) is 2.56. The second-order valence-corrected chi connectivity index (χ2v) is 5.46. The van der Waals surface area contributed by atoms with Crippen molar-refractivity contribution in [1.82, 2.24) is 9.97 Å². The molecule has 0 fully saturated rings. The Bertz CT molecular complexity index is 740. The van der Waals surface area contributed by atoms with E-state index in [1.165, 1.54) is 0 Å². The lowest BCUT2D eigenvalue weighted by atomic mass is 9.94. The van der Waals surface area contributed by atoms with Crippen molar-refractivity contribution in [2.45, 2.75) is 12.5 Å². The third kappa shape index (κ3) is 2.69. The van der Waals surface area contributed by atoms with Gasteiger partial charge in [-0.2, -0.15) is 0 Å². The summed E-state index contributed by atoms with van der Waals surface area (Å²) in [6.45, 7) is 2.08. The molecule has 1 atom stereocenters. The first-order valence-corrected chi connectivity index (χ1v) is 7.36. The Kier molecular flexibility index (Phi) is 3.76. The molecule has 0 bridgehead atoms. The number of benzene rings is 2. The highest BCUT2D eigenvalue weighted by atomic mass is 35.5. The van der Waals surface area contributed by atoms with Gasteiger partial charge in [-0.05, 0) is 24.6 Å². The Morgan fingerprint density at radius 1 is 1.00 bits per heavy atom. The van der Waals surface area contributed by atoms with E-state index < -0.39 is 0 Å². The SMILES string of the molecule is CC(CCl)(Nc1ncnc2ccccc12)c1ccccc1. The number of hydrogen-bond acceptors (Lipinski definition) is 3. The van der Waals surface area contributed by atoms with E-state index in [0.29, 0.717) is 5.88 Å². The molecule has 0 aliphatic heterocycles. The third-order valence-electron chi connectivity index (χ3n) is 3.62. The fourth-order valence-electron chi connectivity index (χ4n) is 2.35. The number of para-hydroxylation sites is 1. The predicted octanol–water partition coefficient (Wildman–Crippen LogP) is 4.20. The summed E-state index contributed by atoms with van der Waals surface area (Å²) in [4.78, 5) is 8.67. The monoisotopic (exact) mass is 297 g/mol. The number of fused-ring (bicyclic) bond motifs is 1. The van der Waals surface area contributed by atoms with Crippen LogP contribution in [0.25, 0.3) is 10.9 Å². The predicted molar refractivity (Wildman–Crippen MR) is 87.7 cm³/mol. The first kappa shape index (κ1) is 13.8. The summed E-state index contributed by atoms with van der Waals surface area (Å²) >= 11 is 6.24. The van der Waals surface area contributed by atoms with Gasteiger partial charge in [0.1, 0.15) is 12.1 Å². The van der Waals surface area contributed by atoms with Gasteiger partial charge in [-0.1, -0.05) is 42.5 Å². The van der Waals surface area contributed by atoms with Gasteiger partial charge in [0.2, 0.25) is 0 Å². The minimum Gasteiger partial charge on any atom is -0.359 e. The van der Waals surface area contributed by atoms with Crippen LogP contribution in [0.2, 0.25) is 0 Å². The smallest absolute Gasteiger partial charge is 0.138 e. The summed E-state index contributed by atoms with van der Waals surface area (Å²) in [5.41, 5.74) is 1.66. The summed E-state index contributed by atoms with van der Waals surface area (Å²) in [5.74, 6) is 1.24. The zero-order valence-corrected chi connectivity index (χ0v) is 12.5. The van der Waals surface area contributed by atoms with Gasteiger partial charge in [0.05, 0.1) is 11.1 Å². The first-order chi connectivity index (χ1) is 10.2. The zero-order chi connectivity index (χ0) is 14.7. The summed E-state index contributed by atoms with van der Waals surface area (Å²) in [6, 6.07) is 18.1. The molecule has 3 aromatic rings. The lowest BCUT2D eigenvalue weighted by Gasteiger charge is -2.30. The van der Waals surface area contributed by atoms with E-state index in [4.69, 9.17) is 11.6 Å². The number of rotatable bonds is 4. The van der Waals surface area contributed by atoms with E-state index in [0.717, 1.165) is 22.3 Å². The zero-order valence-electron chi connectivity index (χ0n) is 11.8. The second-order valence-electron chi connectivity index (χ2n) is 5.20. The van der Waals surface area contributed by atoms with Crippen LogP contribution >= 0.6 is 11.6 Å². The van der Waals surface area contributed by atoms with E-state index in [2.05, 4.69) is 34.3 Å². The maximum atomic E-state index is 6.24. The van der Waals surface area contributed by atoms with E-state index in [1.54, 1.807) is 6.33 Å². The Hall–Kier alpha value is -2.13. The molecule has 0 radical (unpaired) electrons. The van der Waals surface area contributed by atoms with E-state index in [1.807, 2.05) is 42.5 Å². The Labute approximate surface area is 129 Å². The summed E-state index contributed by atoms with van der Waals surface area (Å²) in [5, 5.41) is 4.47. The van der Waals surface area contributed by atoms with Crippen molar-refractivity contribution in [2.24, 2.45) is 0 Å². The highest BCUT2D eigenvalue weighted by molar-refractivity contribution is 6.18. The second kappa shape index (κ2) is 5.70. The molecular formula is C17H16ClN3. The number of nitrogens with one attached hydrogen (secondary N) is 1. The fraction of sp³-hybridized carbons (Fsp3) is 0.176. The van der Waals surface area contributed by atoms with Crippen molar-refractivity contribution in [3.8, 4) is 0 Å². The molecule has 2 aromatic carbocycles. The number of alkyl halides is 1. The van der Waals surface area contributed by atoms with Crippen molar-refractivity contribution in [1.29, 1.82) is 0 Å². The molecule has 0 aliphatic carbocycles. The van der Waals surface area contributed by atoms with Crippen molar-refractivity contribution in [3.63, 3.8) is 0 Å². The number of hydrogen-bond donors (Lipinski definition) is 1. The largest absolute Gasteiger partial charge is 0.359 e. The standard InChI is InChI=1S/C17H16ClN3/c1-17(11-18,13-7-3-2-4-8-13)21-16-14-9-5-6-10-15(14)19-12-20-16/h2-10,12H,11H2,1H3,(H,19,20,21). The van der Waals surface area contributed by atoms with Gasteiger partial charge >= 0.3 is 0 Å². The van der Waals surface area contributed by atoms with Crippen molar-refractivity contribution >= 4 is 28.3 Å². The van der Waals surface area contributed by atoms with Crippen LogP contribution in [-0.4, -0.2) is 15.8 Å². The van der Waals surface area contributed by atoms with Crippen LogP contribution in [0.15, 0.2) is 60.9 Å². The number of aromatic nitrogens is 2. The average molecular weight is 298 g/mol. The number of nitrogens with zero attached hydrogens (tertiary/aromatic N) is 2. The van der Waals surface area contributed by atoms with Gasteiger partial charge < -0.3 is 5.32 Å². The summed E-state index contributed by atoms with van der Waals surface area (Å²) < 4.78 is 0. The molecule has 106 valence electrons. The quantitative estimate of drug-likeness (QED) is 0.734. The number of halogens is 1. The first-order valence-electron chi connectivity index (χ1n) is 6.82. The van der Waals surface area contributed by atoms with Crippen LogP contribution in [0.1, 0.15) is 12.5 Å². The van der Waals surface area contributed by atoms with Gasteiger partial charge in [-0.3, -0.25) is 0 Å². The van der Waals surface area contributed by atoms with E-state index >= 15 is 0 Å². The summed E-state index contributed by atoms with van der Waals surface area (Å²) in [6.07, 6.45) is 1.57. The molecule has 3 rings (SSSR count). The third-order valence-corrected chi connectivity index (χ3v) is 4.15. The lowest BCUT2D eigenvalue weighted by molar-refractivity contribution is 0.614. The van der Waals surface area contributed by atoms with Crippen molar-refractivity contribution < 1.29 is 0 Å². The van der Waals surface area contributed by atoms with Gasteiger partial charge in [-0.25, -0.2) is 9.97 Å². The van der Waals surface area contributed by atoms with Crippen molar-refractivity contribution in [3.05, 3.63) is 66.5 Å². The molecule has 4 heteroatoms. The maximum absolute atomic E-state index is 6.24. The van der Waals surface area contributed by atoms with Crippen LogP contribution in [-0.2, 0) is 5.54 Å². The normalized spacial score (nSPS) is 13.8. The minimum atomic E-state index is -0.389. The molecule has 3 nitrogen and oxygen atoms in total. The minimum absolute atomic E-state index is 0.389. The number of anilines is 1. The molecule has 0 saturated heterocycles. The molecule has 1 heterocycles. The molecule has 1 unspecified atom stereocenters. The Morgan fingerprint density at radius 2 is 1.71 bits per heavy atom. The van der Waals surface area contributed by atoms with E-state index in [-0.39, 0.29) is 5.54 Å². The van der Waals surface area contributed by atoms with Crippen LogP contribution in [0, 0.1) is 0 Å².